The van der Waals surface area contributed by atoms with Crippen LogP contribution in [0, 0.1) is 0 Å². The van der Waals surface area contributed by atoms with Gasteiger partial charge in [0, 0.05) is 10.7 Å². The number of aromatic hydroxyl groups is 2. The Morgan fingerprint density at radius 3 is 2.47 bits per heavy atom. The summed E-state index contributed by atoms with van der Waals surface area (Å²) in [4.78, 5) is 0. The van der Waals surface area contributed by atoms with Crippen molar-refractivity contribution in [3.63, 3.8) is 0 Å². The van der Waals surface area contributed by atoms with Gasteiger partial charge in [0.1, 0.15) is 17.2 Å². The number of fused-ring (bicyclic) bond motifs is 4. The van der Waals surface area contributed by atoms with Gasteiger partial charge in [-0.2, -0.15) is 0 Å². The average molecular weight is 489 g/mol. The number of hydrogen-bond donors (Lipinski definition) is 2. The quantitative estimate of drug-likeness (QED) is 0.227. The van der Waals surface area contributed by atoms with Gasteiger partial charge in [-0.15, -0.1) is 0 Å². The van der Waals surface area contributed by atoms with Gasteiger partial charge in [-0.1, -0.05) is 54.0 Å². The van der Waals surface area contributed by atoms with Gasteiger partial charge in [-0.25, -0.2) is 0 Å². The summed E-state index contributed by atoms with van der Waals surface area (Å²) in [6.07, 6.45) is 0.938. The van der Waals surface area contributed by atoms with E-state index >= 15 is 0 Å². The molecule has 0 fully saturated rings. The first-order valence-electron chi connectivity index (χ1n) is 10.8. The molecular formula is C28H25BrO3. The fourth-order valence-corrected chi connectivity index (χ4v) is 5.18. The Morgan fingerprint density at radius 2 is 1.66 bits per heavy atom. The zero-order chi connectivity index (χ0) is 22.5. The fraction of sp³-hybridized carbons (Fsp3) is 0.214. The molecule has 0 heterocycles. The SMILES string of the molecule is CC1(C)c2cc(O)ccc2-c2cc3ccc(O)cc3c(-c3cccc(OCCCBr)c3)c21. The molecule has 0 spiro atoms. The lowest BCUT2D eigenvalue weighted by molar-refractivity contribution is 0.319. The summed E-state index contributed by atoms with van der Waals surface area (Å²) in [5.74, 6) is 1.35. The van der Waals surface area contributed by atoms with Gasteiger partial charge < -0.3 is 14.9 Å². The monoisotopic (exact) mass is 488 g/mol. The maximum Gasteiger partial charge on any atom is 0.119 e. The van der Waals surface area contributed by atoms with Gasteiger partial charge >= 0.3 is 0 Å². The van der Waals surface area contributed by atoms with Crippen molar-refractivity contribution in [2.75, 3.05) is 11.9 Å². The van der Waals surface area contributed by atoms with Gasteiger partial charge in [0.15, 0.2) is 0 Å². The maximum absolute atomic E-state index is 10.3. The molecule has 0 unspecified atom stereocenters. The number of hydrogen-bond acceptors (Lipinski definition) is 3. The van der Waals surface area contributed by atoms with E-state index in [2.05, 4.69) is 48.0 Å². The minimum absolute atomic E-state index is 0.245. The molecule has 2 N–H and O–H groups in total. The summed E-state index contributed by atoms with van der Waals surface area (Å²) >= 11 is 3.45. The number of rotatable bonds is 5. The van der Waals surface area contributed by atoms with Crippen LogP contribution < -0.4 is 4.74 Å². The van der Waals surface area contributed by atoms with E-state index in [0.717, 1.165) is 50.5 Å². The van der Waals surface area contributed by atoms with Crippen molar-refractivity contribution >= 4 is 26.7 Å². The molecule has 3 nitrogen and oxygen atoms in total. The van der Waals surface area contributed by atoms with Crippen LogP contribution in [0.1, 0.15) is 31.4 Å². The van der Waals surface area contributed by atoms with E-state index in [1.807, 2.05) is 36.4 Å². The Bertz CT molecular complexity index is 1340. The van der Waals surface area contributed by atoms with Crippen molar-refractivity contribution in [1.29, 1.82) is 0 Å². The normalized spacial score (nSPS) is 13.7. The zero-order valence-corrected chi connectivity index (χ0v) is 19.7. The van der Waals surface area contributed by atoms with Gasteiger partial charge in [0.05, 0.1) is 6.61 Å². The van der Waals surface area contributed by atoms with Gasteiger partial charge in [-0.05, 0) is 93.0 Å². The molecule has 0 atom stereocenters. The molecule has 0 aromatic heterocycles. The lowest BCUT2D eigenvalue weighted by atomic mass is 9.77. The number of phenolic OH excluding ortho intramolecular Hbond substituents is 2. The molecule has 4 heteroatoms. The molecule has 0 saturated heterocycles. The Kier molecular flexibility index (Phi) is 5.13. The third-order valence-corrected chi connectivity index (χ3v) is 6.95. The van der Waals surface area contributed by atoms with E-state index in [0.29, 0.717) is 6.61 Å². The largest absolute Gasteiger partial charge is 0.508 e. The number of alkyl halides is 1. The third-order valence-electron chi connectivity index (χ3n) is 6.39. The molecule has 0 saturated carbocycles. The van der Waals surface area contributed by atoms with Crippen molar-refractivity contribution in [3.8, 4) is 39.5 Å². The maximum atomic E-state index is 10.3. The molecule has 0 aliphatic heterocycles. The standard InChI is InChI=1S/C28H25BrO3/c1-28(2)25-16-20(31)9-10-22(25)24-14-17-7-8-19(30)15-23(17)26(27(24)28)18-5-3-6-21(13-18)32-12-4-11-29/h3,5-10,13-16,30-31H,4,11-12H2,1-2H3. The summed E-state index contributed by atoms with van der Waals surface area (Å²) in [5.41, 5.74) is 6.46. The van der Waals surface area contributed by atoms with Crippen molar-refractivity contribution in [3.05, 3.63) is 77.9 Å². The smallest absolute Gasteiger partial charge is 0.119 e. The Balaban J connectivity index is 1.81. The minimum atomic E-state index is -0.314. The molecule has 4 aromatic carbocycles. The van der Waals surface area contributed by atoms with Crippen molar-refractivity contribution < 1.29 is 14.9 Å². The molecule has 4 aromatic rings. The van der Waals surface area contributed by atoms with Crippen LogP contribution >= 0.6 is 15.9 Å². The van der Waals surface area contributed by atoms with E-state index in [4.69, 9.17) is 4.74 Å². The van der Waals surface area contributed by atoms with Crippen LogP contribution in [0.15, 0.2) is 66.7 Å². The number of benzene rings is 4. The first kappa shape index (κ1) is 20.9. The minimum Gasteiger partial charge on any atom is -0.508 e. The summed E-state index contributed by atoms with van der Waals surface area (Å²) in [7, 11) is 0. The lowest BCUT2D eigenvalue weighted by Gasteiger charge is -2.26. The highest BCUT2D eigenvalue weighted by Crippen LogP contribution is 2.55. The van der Waals surface area contributed by atoms with Crippen LogP contribution in [0.3, 0.4) is 0 Å². The summed E-state index contributed by atoms with van der Waals surface area (Å²) in [5, 5.41) is 23.5. The van der Waals surface area contributed by atoms with Crippen molar-refractivity contribution in [2.45, 2.75) is 25.7 Å². The predicted molar refractivity (Wildman–Crippen MR) is 134 cm³/mol. The predicted octanol–water partition coefficient (Wildman–Crippen LogP) is 7.39. The fourth-order valence-electron chi connectivity index (χ4n) is 4.95. The second-order valence-electron chi connectivity index (χ2n) is 8.85. The second-order valence-corrected chi connectivity index (χ2v) is 9.65. The molecular weight excluding hydrogens is 464 g/mol. The highest BCUT2D eigenvalue weighted by Gasteiger charge is 2.38. The number of ether oxygens (including phenoxy) is 1. The molecule has 1 aliphatic carbocycles. The molecule has 5 rings (SSSR count). The molecule has 1 aliphatic rings. The van der Waals surface area contributed by atoms with Crippen LogP contribution in [0.4, 0.5) is 0 Å². The van der Waals surface area contributed by atoms with E-state index in [-0.39, 0.29) is 16.9 Å². The Hall–Kier alpha value is -2.98. The van der Waals surface area contributed by atoms with Crippen LogP contribution in [-0.4, -0.2) is 22.2 Å². The molecule has 0 amide bonds. The van der Waals surface area contributed by atoms with E-state index < -0.39 is 0 Å². The molecule has 162 valence electrons. The first-order chi connectivity index (χ1) is 15.4. The lowest BCUT2D eigenvalue weighted by Crippen LogP contribution is -2.16. The second kappa shape index (κ2) is 7.86. The highest BCUT2D eigenvalue weighted by molar-refractivity contribution is 9.09. The summed E-state index contributed by atoms with van der Waals surface area (Å²) in [6, 6.07) is 21.6. The van der Waals surface area contributed by atoms with Gasteiger partial charge in [-0.3, -0.25) is 0 Å². The van der Waals surface area contributed by atoms with E-state index in [1.54, 1.807) is 12.1 Å². The van der Waals surface area contributed by atoms with Crippen molar-refractivity contribution in [2.24, 2.45) is 0 Å². The number of phenols is 2. The summed E-state index contributed by atoms with van der Waals surface area (Å²) in [6.45, 7) is 5.05. The van der Waals surface area contributed by atoms with Gasteiger partial charge in [0.25, 0.3) is 0 Å². The van der Waals surface area contributed by atoms with Crippen LogP contribution in [-0.2, 0) is 5.41 Å². The van der Waals surface area contributed by atoms with Crippen LogP contribution in [0.5, 0.6) is 17.2 Å². The molecule has 32 heavy (non-hydrogen) atoms. The summed E-state index contributed by atoms with van der Waals surface area (Å²) < 4.78 is 5.98. The van der Waals surface area contributed by atoms with Crippen LogP contribution in [0.2, 0.25) is 0 Å². The van der Waals surface area contributed by atoms with E-state index in [1.165, 1.54) is 11.1 Å². The Labute approximate surface area is 196 Å². The zero-order valence-electron chi connectivity index (χ0n) is 18.2. The van der Waals surface area contributed by atoms with Crippen LogP contribution in [0.25, 0.3) is 33.0 Å². The average Bonchev–Trinajstić information content (AvgIpc) is 2.99. The Morgan fingerprint density at radius 1 is 0.875 bits per heavy atom. The molecule has 0 bridgehead atoms. The van der Waals surface area contributed by atoms with Gasteiger partial charge in [0.2, 0.25) is 0 Å². The molecule has 0 radical (unpaired) electrons. The number of halogens is 1. The third kappa shape index (κ3) is 3.34. The van der Waals surface area contributed by atoms with Crippen molar-refractivity contribution in [1.82, 2.24) is 0 Å². The highest BCUT2D eigenvalue weighted by atomic mass is 79.9. The van der Waals surface area contributed by atoms with E-state index in [9.17, 15) is 10.2 Å². The first-order valence-corrected chi connectivity index (χ1v) is 12.0. The topological polar surface area (TPSA) is 49.7 Å².